The molecule has 0 aliphatic heterocycles. The minimum Gasteiger partial charge on any atom is -0.381 e. The van der Waals surface area contributed by atoms with E-state index in [1.54, 1.807) is 0 Å². The summed E-state index contributed by atoms with van der Waals surface area (Å²) in [5.74, 6) is 1.11. The van der Waals surface area contributed by atoms with Crippen LogP contribution >= 0.6 is 0 Å². The first-order valence-electron chi connectivity index (χ1n) is 6.84. The van der Waals surface area contributed by atoms with E-state index in [1.165, 1.54) is 12.8 Å². The summed E-state index contributed by atoms with van der Waals surface area (Å²) in [6, 6.07) is 10.2. The largest absolute Gasteiger partial charge is 0.381 e. The van der Waals surface area contributed by atoms with Gasteiger partial charge >= 0.3 is 0 Å². The molecule has 0 radical (unpaired) electrons. The topological polar surface area (TPSA) is 69.6 Å². The van der Waals surface area contributed by atoms with E-state index in [2.05, 4.69) is 39.6 Å². The molecule has 0 amide bonds. The fraction of sp³-hybridized carbons (Fsp3) is 0.267. The molecule has 2 N–H and O–H groups in total. The van der Waals surface area contributed by atoms with E-state index in [0.29, 0.717) is 18.3 Å². The lowest BCUT2D eigenvalue weighted by Crippen LogP contribution is -2.07. The summed E-state index contributed by atoms with van der Waals surface area (Å²) < 4.78 is 1.93. The predicted octanol–water partition coefficient (Wildman–Crippen LogP) is 2.33. The van der Waals surface area contributed by atoms with Gasteiger partial charge in [0.05, 0.1) is 17.8 Å². The van der Waals surface area contributed by atoms with Gasteiger partial charge in [0.15, 0.2) is 5.82 Å². The average molecular weight is 265 g/mol. The lowest BCUT2D eigenvalue weighted by atomic mass is 10.1. The zero-order valence-corrected chi connectivity index (χ0v) is 11.0. The molecule has 4 rings (SSSR count). The zero-order valence-electron chi connectivity index (χ0n) is 11.0. The standard InChI is InChI=1S/C15H15N5/c16-15-14(11-6-7-11)20(19-18-15)9-12-4-1-3-10-5-2-8-17-13(10)12/h1-5,8,11H,6-7,9,16H2. The Morgan fingerprint density at radius 1 is 1.20 bits per heavy atom. The summed E-state index contributed by atoms with van der Waals surface area (Å²) in [5.41, 5.74) is 9.19. The summed E-state index contributed by atoms with van der Waals surface area (Å²) in [6.45, 7) is 0.671. The second-order valence-electron chi connectivity index (χ2n) is 5.28. The third kappa shape index (κ3) is 1.82. The highest BCUT2D eigenvalue weighted by molar-refractivity contribution is 5.81. The molecule has 0 unspecified atom stereocenters. The third-order valence-corrected chi connectivity index (χ3v) is 3.80. The summed E-state index contributed by atoms with van der Waals surface area (Å²) in [7, 11) is 0. The van der Waals surface area contributed by atoms with Crippen LogP contribution in [0.25, 0.3) is 10.9 Å². The first kappa shape index (κ1) is 11.4. The third-order valence-electron chi connectivity index (χ3n) is 3.80. The van der Waals surface area contributed by atoms with E-state index >= 15 is 0 Å². The number of rotatable bonds is 3. The van der Waals surface area contributed by atoms with Crippen molar-refractivity contribution in [2.24, 2.45) is 0 Å². The van der Waals surface area contributed by atoms with Crippen molar-refractivity contribution < 1.29 is 0 Å². The maximum atomic E-state index is 5.94. The van der Waals surface area contributed by atoms with Crippen molar-refractivity contribution in [3.8, 4) is 0 Å². The molecule has 20 heavy (non-hydrogen) atoms. The lowest BCUT2D eigenvalue weighted by Gasteiger charge is -2.08. The molecule has 3 aromatic rings. The molecular formula is C15H15N5. The van der Waals surface area contributed by atoms with Crippen LogP contribution in [0.5, 0.6) is 0 Å². The van der Waals surface area contributed by atoms with Gasteiger partial charge in [-0.15, -0.1) is 5.10 Å². The number of pyridine rings is 1. The number of nitrogens with two attached hydrogens (primary N) is 1. The molecule has 0 atom stereocenters. The molecule has 5 nitrogen and oxygen atoms in total. The van der Waals surface area contributed by atoms with Crippen LogP contribution in [0.15, 0.2) is 36.5 Å². The first-order chi connectivity index (χ1) is 9.83. The minimum atomic E-state index is 0.535. The summed E-state index contributed by atoms with van der Waals surface area (Å²) in [5, 5.41) is 9.36. The van der Waals surface area contributed by atoms with E-state index in [-0.39, 0.29) is 0 Å². The highest BCUT2D eigenvalue weighted by Crippen LogP contribution is 2.42. The molecular weight excluding hydrogens is 250 g/mol. The van der Waals surface area contributed by atoms with Crippen LogP contribution in [-0.4, -0.2) is 20.0 Å². The van der Waals surface area contributed by atoms with Gasteiger partial charge in [-0.05, 0) is 24.5 Å². The van der Waals surface area contributed by atoms with Crippen molar-refractivity contribution in [1.29, 1.82) is 0 Å². The molecule has 2 aromatic heterocycles. The van der Waals surface area contributed by atoms with Crippen molar-refractivity contribution in [3.63, 3.8) is 0 Å². The number of para-hydroxylation sites is 1. The van der Waals surface area contributed by atoms with E-state index < -0.39 is 0 Å². The Balaban J connectivity index is 1.78. The fourth-order valence-electron chi connectivity index (χ4n) is 2.68. The molecule has 0 spiro atoms. The molecule has 1 aliphatic rings. The predicted molar refractivity (Wildman–Crippen MR) is 77.3 cm³/mol. The van der Waals surface area contributed by atoms with Gasteiger partial charge in [0.2, 0.25) is 0 Å². The molecule has 2 heterocycles. The van der Waals surface area contributed by atoms with Crippen LogP contribution in [0.2, 0.25) is 0 Å². The van der Waals surface area contributed by atoms with E-state index in [1.807, 2.05) is 16.9 Å². The lowest BCUT2D eigenvalue weighted by molar-refractivity contribution is 0.621. The van der Waals surface area contributed by atoms with Gasteiger partial charge in [-0.3, -0.25) is 4.98 Å². The molecule has 1 saturated carbocycles. The Bertz CT molecular complexity index is 768. The normalized spacial score (nSPS) is 14.8. The Kier molecular flexibility index (Phi) is 2.45. The maximum Gasteiger partial charge on any atom is 0.169 e. The van der Waals surface area contributed by atoms with Crippen LogP contribution in [0.3, 0.4) is 0 Å². The number of hydrogen-bond donors (Lipinski definition) is 1. The number of hydrogen-bond acceptors (Lipinski definition) is 4. The fourth-order valence-corrected chi connectivity index (χ4v) is 2.68. The summed E-state index contributed by atoms with van der Waals surface area (Å²) >= 11 is 0. The number of fused-ring (bicyclic) bond motifs is 1. The molecule has 5 heteroatoms. The van der Waals surface area contributed by atoms with Gasteiger partial charge in [0.1, 0.15) is 0 Å². The van der Waals surface area contributed by atoms with Crippen molar-refractivity contribution in [1.82, 2.24) is 20.0 Å². The monoisotopic (exact) mass is 265 g/mol. The molecule has 0 bridgehead atoms. The van der Waals surface area contributed by atoms with Gasteiger partial charge in [0.25, 0.3) is 0 Å². The number of anilines is 1. The zero-order chi connectivity index (χ0) is 13.5. The van der Waals surface area contributed by atoms with Gasteiger partial charge in [0, 0.05) is 17.5 Å². The number of nitrogen functional groups attached to an aromatic ring is 1. The number of nitrogens with zero attached hydrogens (tertiary/aromatic N) is 4. The smallest absolute Gasteiger partial charge is 0.169 e. The van der Waals surface area contributed by atoms with Crippen molar-refractivity contribution in [2.75, 3.05) is 5.73 Å². The Morgan fingerprint density at radius 3 is 2.90 bits per heavy atom. The average Bonchev–Trinajstić information content (AvgIpc) is 3.24. The Morgan fingerprint density at radius 2 is 2.05 bits per heavy atom. The van der Waals surface area contributed by atoms with Crippen LogP contribution in [0.1, 0.15) is 30.0 Å². The van der Waals surface area contributed by atoms with Gasteiger partial charge < -0.3 is 5.73 Å². The molecule has 1 fully saturated rings. The van der Waals surface area contributed by atoms with Crippen LogP contribution in [-0.2, 0) is 6.54 Å². The SMILES string of the molecule is Nc1nnn(Cc2cccc3cccnc23)c1C1CC1. The summed E-state index contributed by atoms with van der Waals surface area (Å²) in [6.07, 6.45) is 4.19. The van der Waals surface area contributed by atoms with Gasteiger partial charge in [-0.25, -0.2) is 4.68 Å². The van der Waals surface area contributed by atoms with Crippen LogP contribution in [0, 0.1) is 0 Å². The first-order valence-corrected chi connectivity index (χ1v) is 6.84. The van der Waals surface area contributed by atoms with Crippen LogP contribution in [0.4, 0.5) is 5.82 Å². The number of aromatic nitrogens is 4. The van der Waals surface area contributed by atoms with Crippen molar-refractivity contribution in [3.05, 3.63) is 47.8 Å². The highest BCUT2D eigenvalue weighted by Gasteiger charge is 2.30. The van der Waals surface area contributed by atoms with E-state index in [4.69, 9.17) is 5.73 Å². The minimum absolute atomic E-state index is 0.535. The molecule has 0 saturated heterocycles. The van der Waals surface area contributed by atoms with Crippen molar-refractivity contribution in [2.45, 2.75) is 25.3 Å². The Labute approximate surface area is 116 Å². The maximum absolute atomic E-state index is 5.94. The van der Waals surface area contributed by atoms with Crippen LogP contribution < -0.4 is 5.73 Å². The second kappa shape index (κ2) is 4.30. The molecule has 1 aromatic carbocycles. The number of benzene rings is 1. The molecule has 100 valence electrons. The second-order valence-corrected chi connectivity index (χ2v) is 5.28. The summed E-state index contributed by atoms with van der Waals surface area (Å²) in [4.78, 5) is 4.48. The van der Waals surface area contributed by atoms with Crippen molar-refractivity contribution >= 4 is 16.7 Å². The van der Waals surface area contributed by atoms with E-state index in [9.17, 15) is 0 Å². The highest BCUT2D eigenvalue weighted by atomic mass is 15.4. The Hall–Kier alpha value is -2.43. The van der Waals surface area contributed by atoms with Gasteiger partial charge in [-0.2, -0.15) is 0 Å². The van der Waals surface area contributed by atoms with E-state index in [0.717, 1.165) is 22.2 Å². The quantitative estimate of drug-likeness (QED) is 0.789. The molecule has 1 aliphatic carbocycles. The van der Waals surface area contributed by atoms with Gasteiger partial charge in [-0.1, -0.05) is 29.5 Å².